The van der Waals surface area contributed by atoms with Gasteiger partial charge in [-0.3, -0.25) is 4.79 Å². The van der Waals surface area contributed by atoms with E-state index in [1.54, 1.807) is 11.8 Å². The normalized spacial score (nSPS) is 33.0. The van der Waals surface area contributed by atoms with Crippen molar-refractivity contribution in [2.45, 2.75) is 51.1 Å². The zero-order chi connectivity index (χ0) is 13.3. The highest BCUT2D eigenvalue weighted by atomic mass is 16.4. The molecule has 1 saturated heterocycles. The number of amides is 1. The molecule has 5 nitrogen and oxygen atoms in total. The number of carboxylic acid groups (broad SMARTS) is 1. The number of likely N-dealkylation sites (tertiary alicyclic amines) is 1. The third kappa shape index (κ3) is 2.23. The summed E-state index contributed by atoms with van der Waals surface area (Å²) in [7, 11) is 0. The summed E-state index contributed by atoms with van der Waals surface area (Å²) in [4.78, 5) is 25.3. The van der Waals surface area contributed by atoms with Crippen molar-refractivity contribution >= 4 is 11.9 Å². The van der Waals surface area contributed by atoms with E-state index in [4.69, 9.17) is 5.73 Å². The van der Waals surface area contributed by atoms with Crippen LogP contribution in [-0.4, -0.2) is 40.5 Å². The van der Waals surface area contributed by atoms with Gasteiger partial charge in [0.05, 0.1) is 0 Å². The van der Waals surface area contributed by atoms with E-state index in [0.717, 1.165) is 25.7 Å². The second kappa shape index (κ2) is 5.26. The molecule has 2 fully saturated rings. The first kappa shape index (κ1) is 13.3. The van der Waals surface area contributed by atoms with Crippen LogP contribution >= 0.6 is 0 Å². The average Bonchev–Trinajstić information content (AvgIpc) is 2.76. The molecule has 3 N–H and O–H groups in total. The molecular formula is C13H22N2O3. The third-order valence-electron chi connectivity index (χ3n) is 4.40. The lowest BCUT2D eigenvalue weighted by Crippen LogP contribution is -2.49. The standard InChI is InChI=1S/C13H22N2O3/c1-8(7-14)12(16)15-10-5-3-2-4-9(10)6-11(15)13(17)18/h8-11H,2-7,14H2,1H3,(H,17,18). The van der Waals surface area contributed by atoms with Gasteiger partial charge in [-0.2, -0.15) is 0 Å². The molecule has 1 heterocycles. The Kier molecular flexibility index (Phi) is 3.90. The Morgan fingerprint density at radius 1 is 1.39 bits per heavy atom. The molecule has 2 aliphatic rings. The highest BCUT2D eigenvalue weighted by Crippen LogP contribution is 2.40. The van der Waals surface area contributed by atoms with Crippen molar-refractivity contribution in [1.82, 2.24) is 4.90 Å². The van der Waals surface area contributed by atoms with Gasteiger partial charge in [0.25, 0.3) is 0 Å². The highest BCUT2D eigenvalue weighted by molar-refractivity contribution is 5.86. The van der Waals surface area contributed by atoms with Gasteiger partial charge in [0.1, 0.15) is 6.04 Å². The smallest absolute Gasteiger partial charge is 0.326 e. The number of nitrogens with two attached hydrogens (primary N) is 1. The maximum atomic E-state index is 12.3. The van der Waals surface area contributed by atoms with Crippen molar-refractivity contribution in [2.75, 3.05) is 6.54 Å². The second-order valence-electron chi connectivity index (χ2n) is 5.58. The Balaban J connectivity index is 2.21. The van der Waals surface area contributed by atoms with Crippen molar-refractivity contribution in [1.29, 1.82) is 0 Å². The maximum Gasteiger partial charge on any atom is 0.326 e. The Morgan fingerprint density at radius 2 is 2.06 bits per heavy atom. The van der Waals surface area contributed by atoms with Crippen molar-refractivity contribution < 1.29 is 14.7 Å². The van der Waals surface area contributed by atoms with Crippen LogP contribution in [0.1, 0.15) is 39.0 Å². The largest absolute Gasteiger partial charge is 0.480 e. The van der Waals surface area contributed by atoms with E-state index in [9.17, 15) is 14.7 Å². The molecule has 5 heteroatoms. The Morgan fingerprint density at radius 3 is 2.67 bits per heavy atom. The fourth-order valence-corrected chi connectivity index (χ4v) is 3.35. The predicted octanol–water partition coefficient (Wildman–Crippen LogP) is 0.825. The molecule has 4 atom stereocenters. The summed E-state index contributed by atoms with van der Waals surface area (Å²) < 4.78 is 0. The highest BCUT2D eigenvalue weighted by Gasteiger charge is 2.47. The zero-order valence-corrected chi connectivity index (χ0v) is 10.8. The van der Waals surface area contributed by atoms with Crippen molar-refractivity contribution in [3.05, 3.63) is 0 Å². The summed E-state index contributed by atoms with van der Waals surface area (Å²) in [5, 5.41) is 9.31. The van der Waals surface area contributed by atoms with Crippen LogP contribution in [-0.2, 0) is 9.59 Å². The number of carboxylic acids is 1. The average molecular weight is 254 g/mol. The summed E-state index contributed by atoms with van der Waals surface area (Å²) >= 11 is 0. The van der Waals surface area contributed by atoms with Gasteiger partial charge in [0, 0.05) is 18.5 Å². The number of rotatable bonds is 3. The molecule has 0 aromatic rings. The van der Waals surface area contributed by atoms with Crippen molar-refractivity contribution in [3.8, 4) is 0 Å². The van der Waals surface area contributed by atoms with Crippen molar-refractivity contribution in [2.24, 2.45) is 17.6 Å². The van der Waals surface area contributed by atoms with Gasteiger partial charge < -0.3 is 15.7 Å². The Labute approximate surface area is 107 Å². The van der Waals surface area contributed by atoms with Crippen molar-refractivity contribution in [3.63, 3.8) is 0 Å². The lowest BCUT2D eigenvalue weighted by atomic mass is 9.84. The lowest BCUT2D eigenvalue weighted by Gasteiger charge is -2.34. The van der Waals surface area contributed by atoms with Crippen LogP contribution in [0.5, 0.6) is 0 Å². The molecule has 18 heavy (non-hydrogen) atoms. The minimum absolute atomic E-state index is 0.0840. The maximum absolute atomic E-state index is 12.3. The molecule has 1 amide bonds. The molecule has 0 aromatic carbocycles. The van der Waals surface area contributed by atoms with Gasteiger partial charge in [-0.15, -0.1) is 0 Å². The van der Waals surface area contributed by atoms with E-state index in [1.807, 2.05) is 0 Å². The number of fused-ring (bicyclic) bond motifs is 1. The van der Waals surface area contributed by atoms with Crippen LogP contribution in [0.3, 0.4) is 0 Å². The number of carbonyl (C=O) groups is 2. The fourth-order valence-electron chi connectivity index (χ4n) is 3.35. The molecule has 0 bridgehead atoms. The molecule has 0 radical (unpaired) electrons. The summed E-state index contributed by atoms with van der Waals surface area (Å²) in [6.45, 7) is 2.05. The van der Waals surface area contributed by atoms with Gasteiger partial charge in [0.2, 0.25) is 5.91 Å². The number of hydrogen-bond donors (Lipinski definition) is 2. The van der Waals surface area contributed by atoms with Crippen LogP contribution in [0.2, 0.25) is 0 Å². The number of nitrogens with zero attached hydrogens (tertiary/aromatic N) is 1. The first-order valence-corrected chi connectivity index (χ1v) is 6.81. The van der Waals surface area contributed by atoms with E-state index >= 15 is 0 Å². The molecule has 2 rings (SSSR count). The molecule has 102 valence electrons. The lowest BCUT2D eigenvalue weighted by molar-refractivity contribution is -0.151. The minimum Gasteiger partial charge on any atom is -0.480 e. The summed E-state index contributed by atoms with van der Waals surface area (Å²) in [6, 6.07) is -0.513. The van der Waals surface area contributed by atoms with Gasteiger partial charge in [-0.1, -0.05) is 19.8 Å². The van der Waals surface area contributed by atoms with Crippen LogP contribution < -0.4 is 5.73 Å². The molecule has 1 aliphatic heterocycles. The zero-order valence-electron chi connectivity index (χ0n) is 10.8. The second-order valence-corrected chi connectivity index (χ2v) is 5.58. The van der Waals surface area contributed by atoms with E-state index in [0.29, 0.717) is 12.3 Å². The van der Waals surface area contributed by atoms with Crippen LogP contribution in [0.15, 0.2) is 0 Å². The monoisotopic (exact) mass is 254 g/mol. The molecule has 0 spiro atoms. The summed E-state index contributed by atoms with van der Waals surface area (Å²) in [5.41, 5.74) is 5.54. The van der Waals surface area contributed by atoms with E-state index in [1.165, 1.54) is 0 Å². The molecule has 1 aliphatic carbocycles. The number of carbonyl (C=O) groups excluding carboxylic acids is 1. The molecule has 1 saturated carbocycles. The predicted molar refractivity (Wildman–Crippen MR) is 66.9 cm³/mol. The van der Waals surface area contributed by atoms with Gasteiger partial charge in [0.15, 0.2) is 0 Å². The molecule has 4 unspecified atom stereocenters. The van der Waals surface area contributed by atoms with E-state index < -0.39 is 12.0 Å². The summed E-state index contributed by atoms with van der Waals surface area (Å²) in [5.74, 6) is -0.873. The topological polar surface area (TPSA) is 83.6 Å². The third-order valence-corrected chi connectivity index (χ3v) is 4.40. The fraction of sp³-hybridized carbons (Fsp3) is 0.846. The van der Waals surface area contributed by atoms with E-state index in [-0.39, 0.29) is 24.4 Å². The first-order chi connectivity index (χ1) is 8.56. The van der Waals surface area contributed by atoms with Gasteiger partial charge in [-0.05, 0) is 25.2 Å². The van der Waals surface area contributed by atoms with Crippen LogP contribution in [0.4, 0.5) is 0 Å². The quantitative estimate of drug-likeness (QED) is 0.781. The SMILES string of the molecule is CC(CN)C(=O)N1C(C(=O)O)CC2CCCCC21. The Hall–Kier alpha value is -1.10. The van der Waals surface area contributed by atoms with Gasteiger partial charge >= 0.3 is 5.97 Å². The van der Waals surface area contributed by atoms with Crippen LogP contribution in [0.25, 0.3) is 0 Å². The minimum atomic E-state index is -0.873. The molecule has 0 aromatic heterocycles. The van der Waals surface area contributed by atoms with Crippen LogP contribution in [0, 0.1) is 11.8 Å². The number of hydrogen-bond acceptors (Lipinski definition) is 3. The van der Waals surface area contributed by atoms with E-state index in [2.05, 4.69) is 0 Å². The Bertz CT molecular complexity index is 345. The molecular weight excluding hydrogens is 232 g/mol. The number of aliphatic carboxylic acids is 1. The first-order valence-electron chi connectivity index (χ1n) is 6.81. The van der Waals surface area contributed by atoms with Gasteiger partial charge in [-0.25, -0.2) is 4.79 Å². The summed E-state index contributed by atoms with van der Waals surface area (Å²) in [6.07, 6.45) is 4.85.